The second-order valence-electron chi connectivity index (χ2n) is 10.2. The van der Waals surface area contributed by atoms with Gasteiger partial charge in [-0.25, -0.2) is 0 Å². The molecule has 0 aliphatic carbocycles. The van der Waals surface area contributed by atoms with Crippen LogP contribution >= 0.6 is 0 Å². The average molecular weight is 551 g/mol. The summed E-state index contributed by atoms with van der Waals surface area (Å²) in [5.41, 5.74) is 4.33. The third kappa shape index (κ3) is 8.46. The minimum Gasteiger partial charge on any atom is -0.374 e. The maximum absolute atomic E-state index is 6.66. The van der Waals surface area contributed by atoms with Gasteiger partial charge in [-0.1, -0.05) is 127 Å². The van der Waals surface area contributed by atoms with Crippen LogP contribution in [0.5, 0.6) is 0 Å². The van der Waals surface area contributed by atoms with E-state index in [-0.39, 0.29) is 6.10 Å². The van der Waals surface area contributed by atoms with E-state index < -0.39 is 24.4 Å². The molecule has 4 aromatic rings. The number of benzene rings is 4. The van der Waals surface area contributed by atoms with Crippen molar-refractivity contribution in [1.29, 1.82) is 0 Å². The Hall–Kier alpha value is -3.58. The SMILES string of the molecule is C=CC1OC(COCc2ccccc2)C(OCc2ccccc2)C(OCc2ccccc2)C1OCc1ccccc1. The molecule has 5 atom stereocenters. The molecule has 4 aromatic carbocycles. The van der Waals surface area contributed by atoms with E-state index in [9.17, 15) is 0 Å². The van der Waals surface area contributed by atoms with E-state index in [0.717, 1.165) is 22.3 Å². The van der Waals surface area contributed by atoms with Gasteiger partial charge in [0.25, 0.3) is 0 Å². The highest BCUT2D eigenvalue weighted by molar-refractivity contribution is 5.17. The summed E-state index contributed by atoms with van der Waals surface area (Å²) in [5, 5.41) is 0. The molecule has 1 heterocycles. The summed E-state index contributed by atoms with van der Waals surface area (Å²) in [6.07, 6.45) is -0.283. The first-order valence-electron chi connectivity index (χ1n) is 14.2. The number of rotatable bonds is 14. The highest BCUT2D eigenvalue weighted by Gasteiger charge is 2.47. The third-order valence-electron chi connectivity index (χ3n) is 7.15. The fourth-order valence-electron chi connectivity index (χ4n) is 5.01. The lowest BCUT2D eigenvalue weighted by Crippen LogP contribution is -2.60. The van der Waals surface area contributed by atoms with Crippen LogP contribution in [0.2, 0.25) is 0 Å². The van der Waals surface area contributed by atoms with Crippen LogP contribution in [0, 0.1) is 0 Å². The van der Waals surface area contributed by atoms with E-state index in [0.29, 0.717) is 33.0 Å². The van der Waals surface area contributed by atoms with Crippen LogP contribution in [-0.4, -0.2) is 37.1 Å². The van der Waals surface area contributed by atoms with Crippen molar-refractivity contribution in [2.75, 3.05) is 6.61 Å². The molecule has 1 saturated heterocycles. The molecule has 5 rings (SSSR count). The summed E-state index contributed by atoms with van der Waals surface area (Å²) in [4.78, 5) is 0. The molecule has 0 aromatic heterocycles. The van der Waals surface area contributed by atoms with E-state index in [1.807, 2.05) is 72.8 Å². The fourth-order valence-corrected chi connectivity index (χ4v) is 5.01. The van der Waals surface area contributed by atoms with Gasteiger partial charge in [0.2, 0.25) is 0 Å². The van der Waals surface area contributed by atoms with Crippen LogP contribution in [-0.2, 0) is 50.1 Å². The monoisotopic (exact) mass is 550 g/mol. The Morgan fingerprint density at radius 2 is 0.902 bits per heavy atom. The molecule has 0 amide bonds. The summed E-state index contributed by atoms with van der Waals surface area (Å²) in [6.45, 7) is 6.16. The molecule has 0 spiro atoms. The van der Waals surface area contributed by atoms with Gasteiger partial charge in [0, 0.05) is 0 Å². The first-order valence-corrected chi connectivity index (χ1v) is 14.2. The van der Waals surface area contributed by atoms with E-state index >= 15 is 0 Å². The van der Waals surface area contributed by atoms with Gasteiger partial charge in [-0.3, -0.25) is 0 Å². The molecule has 5 nitrogen and oxygen atoms in total. The van der Waals surface area contributed by atoms with Crippen molar-refractivity contribution >= 4 is 0 Å². The molecule has 1 aliphatic rings. The van der Waals surface area contributed by atoms with Crippen LogP contribution in [0.3, 0.4) is 0 Å². The summed E-state index contributed by atoms with van der Waals surface area (Å²) in [5.74, 6) is 0. The summed E-state index contributed by atoms with van der Waals surface area (Å²) < 4.78 is 32.6. The van der Waals surface area contributed by atoms with Crippen molar-refractivity contribution in [3.05, 3.63) is 156 Å². The number of ether oxygens (including phenoxy) is 5. The van der Waals surface area contributed by atoms with Gasteiger partial charge < -0.3 is 23.7 Å². The lowest BCUT2D eigenvalue weighted by molar-refractivity contribution is -0.263. The number of hydrogen-bond donors (Lipinski definition) is 0. The minimum atomic E-state index is -0.438. The predicted octanol–water partition coefficient (Wildman–Crippen LogP) is 6.91. The Labute approximate surface area is 243 Å². The van der Waals surface area contributed by atoms with Crippen molar-refractivity contribution in [3.8, 4) is 0 Å². The Bertz CT molecular complexity index is 1280. The zero-order valence-electron chi connectivity index (χ0n) is 23.3. The first kappa shape index (κ1) is 28.9. The average Bonchev–Trinajstić information content (AvgIpc) is 3.04. The maximum atomic E-state index is 6.66. The van der Waals surface area contributed by atoms with Crippen molar-refractivity contribution in [1.82, 2.24) is 0 Å². The molecule has 5 heteroatoms. The Balaban J connectivity index is 1.39. The highest BCUT2D eigenvalue weighted by atomic mass is 16.6. The topological polar surface area (TPSA) is 46.2 Å². The lowest BCUT2D eigenvalue weighted by atomic mass is 9.94. The van der Waals surface area contributed by atoms with Crippen molar-refractivity contribution in [3.63, 3.8) is 0 Å². The van der Waals surface area contributed by atoms with Crippen molar-refractivity contribution in [2.24, 2.45) is 0 Å². The third-order valence-corrected chi connectivity index (χ3v) is 7.15. The minimum absolute atomic E-state index is 0.343. The van der Waals surface area contributed by atoms with Crippen molar-refractivity contribution in [2.45, 2.75) is 56.9 Å². The second kappa shape index (κ2) is 15.4. The van der Waals surface area contributed by atoms with Crippen LogP contribution in [0.25, 0.3) is 0 Å². The Morgan fingerprint density at radius 3 is 1.34 bits per heavy atom. The van der Waals surface area contributed by atoms with Gasteiger partial charge in [0.05, 0.1) is 33.0 Å². The molecule has 0 N–H and O–H groups in total. The molecule has 1 aliphatic heterocycles. The first-order chi connectivity index (χ1) is 20.3. The Morgan fingerprint density at radius 1 is 0.512 bits per heavy atom. The normalized spacial score (nSPS) is 22.3. The molecule has 0 radical (unpaired) electrons. The van der Waals surface area contributed by atoms with Gasteiger partial charge in [-0.2, -0.15) is 0 Å². The van der Waals surface area contributed by atoms with Gasteiger partial charge in [0.15, 0.2) is 0 Å². The van der Waals surface area contributed by atoms with E-state index in [2.05, 4.69) is 55.1 Å². The summed E-state index contributed by atoms with van der Waals surface area (Å²) >= 11 is 0. The quantitative estimate of drug-likeness (QED) is 0.160. The molecular formula is C36H38O5. The molecule has 41 heavy (non-hydrogen) atoms. The molecule has 212 valence electrons. The summed E-state index contributed by atoms with van der Waals surface area (Å²) in [7, 11) is 0. The molecular weight excluding hydrogens is 512 g/mol. The van der Waals surface area contributed by atoms with Crippen LogP contribution < -0.4 is 0 Å². The van der Waals surface area contributed by atoms with E-state index in [1.165, 1.54) is 0 Å². The predicted molar refractivity (Wildman–Crippen MR) is 160 cm³/mol. The summed E-state index contributed by atoms with van der Waals surface area (Å²) in [6, 6.07) is 40.5. The molecule has 0 saturated carbocycles. The smallest absolute Gasteiger partial charge is 0.116 e. The lowest BCUT2D eigenvalue weighted by Gasteiger charge is -2.45. The van der Waals surface area contributed by atoms with Gasteiger partial charge in [-0.15, -0.1) is 6.58 Å². The standard InChI is InChI=1S/C36H38O5/c1-2-32-34(38-24-29-17-9-4-10-18-29)36(40-26-31-21-13-6-14-22-31)35(39-25-30-19-11-5-12-20-30)33(41-32)27-37-23-28-15-7-3-8-16-28/h2-22,32-36H,1,23-27H2. The van der Waals surface area contributed by atoms with Crippen LogP contribution in [0.4, 0.5) is 0 Å². The van der Waals surface area contributed by atoms with Gasteiger partial charge >= 0.3 is 0 Å². The number of hydrogen-bond acceptors (Lipinski definition) is 5. The molecule has 5 unspecified atom stereocenters. The fraction of sp³-hybridized carbons (Fsp3) is 0.278. The van der Waals surface area contributed by atoms with Crippen LogP contribution in [0.1, 0.15) is 22.3 Å². The zero-order valence-corrected chi connectivity index (χ0v) is 23.3. The molecule has 0 bridgehead atoms. The zero-order chi connectivity index (χ0) is 28.1. The Kier molecular flexibility index (Phi) is 10.9. The van der Waals surface area contributed by atoms with Gasteiger partial charge in [0.1, 0.15) is 30.5 Å². The largest absolute Gasteiger partial charge is 0.374 e. The van der Waals surface area contributed by atoms with Crippen molar-refractivity contribution < 1.29 is 23.7 Å². The van der Waals surface area contributed by atoms with E-state index in [4.69, 9.17) is 23.7 Å². The second-order valence-corrected chi connectivity index (χ2v) is 10.2. The van der Waals surface area contributed by atoms with E-state index in [1.54, 1.807) is 6.08 Å². The van der Waals surface area contributed by atoms with Crippen LogP contribution in [0.15, 0.2) is 134 Å². The molecule has 1 fully saturated rings. The maximum Gasteiger partial charge on any atom is 0.116 e. The highest BCUT2D eigenvalue weighted by Crippen LogP contribution is 2.31. The van der Waals surface area contributed by atoms with Gasteiger partial charge in [-0.05, 0) is 22.3 Å².